The number of unbranched alkanes of at least 4 members (excludes halogenated alkanes) is 35. The van der Waals surface area contributed by atoms with Crippen molar-refractivity contribution in [1.82, 2.24) is 0 Å². The Balaban J connectivity index is 4.34. The monoisotopic (exact) mass is 913 g/mol. The fourth-order valence-electron chi connectivity index (χ4n) is 8.40. The number of carbonyl (C=O) groups is 3. The summed E-state index contributed by atoms with van der Waals surface area (Å²) in [5.41, 5.74) is 0. The molecule has 0 aliphatic carbocycles. The molecule has 0 amide bonds. The quantitative estimate of drug-likeness (QED) is 0.0262. The SMILES string of the molecule is CC/C=C\C/C=C\C/C=C\CCCCCCCCCC(=O)OCC(COC(=O)CCCCCCCCCCCCCCC)OC(=O)CCCCCCCCCCCCCCCCCCC. The summed E-state index contributed by atoms with van der Waals surface area (Å²) in [5.74, 6) is -0.862. The van der Waals surface area contributed by atoms with E-state index in [9.17, 15) is 14.4 Å². The largest absolute Gasteiger partial charge is 0.462 e. The minimum absolute atomic E-state index is 0.0703. The molecule has 1 atom stereocenters. The van der Waals surface area contributed by atoms with Gasteiger partial charge in [0.1, 0.15) is 13.2 Å². The molecular formula is C59H108O6. The van der Waals surface area contributed by atoms with Crippen LogP contribution in [0.3, 0.4) is 0 Å². The lowest BCUT2D eigenvalue weighted by molar-refractivity contribution is -0.167. The van der Waals surface area contributed by atoms with Gasteiger partial charge in [0.05, 0.1) is 0 Å². The van der Waals surface area contributed by atoms with Crippen molar-refractivity contribution in [3.05, 3.63) is 36.5 Å². The summed E-state index contributed by atoms with van der Waals surface area (Å²) in [6.07, 6.45) is 64.1. The number of allylic oxidation sites excluding steroid dienone is 6. The summed E-state index contributed by atoms with van der Waals surface area (Å²) in [5, 5.41) is 0. The first kappa shape index (κ1) is 62.6. The predicted octanol–water partition coefficient (Wildman–Crippen LogP) is 18.9. The van der Waals surface area contributed by atoms with Gasteiger partial charge in [0.15, 0.2) is 6.10 Å². The molecule has 0 N–H and O–H groups in total. The van der Waals surface area contributed by atoms with Gasteiger partial charge in [-0.25, -0.2) is 0 Å². The second-order valence-electron chi connectivity index (χ2n) is 19.2. The van der Waals surface area contributed by atoms with Gasteiger partial charge < -0.3 is 14.2 Å². The van der Waals surface area contributed by atoms with Gasteiger partial charge in [0.2, 0.25) is 0 Å². The van der Waals surface area contributed by atoms with Gasteiger partial charge >= 0.3 is 17.9 Å². The number of esters is 3. The second kappa shape index (κ2) is 54.2. The zero-order valence-electron chi connectivity index (χ0n) is 43.5. The first-order valence-electron chi connectivity index (χ1n) is 28.5. The standard InChI is InChI=1S/C59H108O6/c1-4-7-10-13-16-19-22-25-27-29-31-34-37-40-43-46-49-52-58(61)64-55-56(54-63-57(60)51-48-45-42-39-36-33-24-21-18-15-12-9-6-3)65-59(62)53-50-47-44-41-38-35-32-30-28-26-23-20-17-14-11-8-5-2/h7,10,16,19,25,27,56H,4-6,8-9,11-15,17-18,20-24,26,28-55H2,1-3H3/b10-7-,19-16-,27-25-. The van der Waals surface area contributed by atoms with E-state index in [1.807, 2.05) is 0 Å². The Kier molecular flexibility index (Phi) is 52.3. The molecule has 65 heavy (non-hydrogen) atoms. The van der Waals surface area contributed by atoms with E-state index in [1.165, 1.54) is 180 Å². The molecular weight excluding hydrogens is 805 g/mol. The fraction of sp³-hybridized carbons (Fsp3) is 0.847. The molecule has 0 spiro atoms. The molecule has 380 valence electrons. The van der Waals surface area contributed by atoms with Crippen LogP contribution >= 0.6 is 0 Å². The zero-order chi connectivity index (χ0) is 47.2. The third-order valence-corrected chi connectivity index (χ3v) is 12.7. The predicted molar refractivity (Wildman–Crippen MR) is 279 cm³/mol. The molecule has 0 radical (unpaired) electrons. The van der Waals surface area contributed by atoms with Gasteiger partial charge in [-0.2, -0.15) is 0 Å². The van der Waals surface area contributed by atoms with Crippen LogP contribution in [0.15, 0.2) is 36.5 Å². The van der Waals surface area contributed by atoms with E-state index < -0.39 is 6.10 Å². The minimum atomic E-state index is -0.771. The maximum atomic E-state index is 12.8. The molecule has 0 saturated heterocycles. The van der Waals surface area contributed by atoms with Crippen molar-refractivity contribution in [3.63, 3.8) is 0 Å². The van der Waals surface area contributed by atoms with E-state index in [-0.39, 0.29) is 31.1 Å². The molecule has 0 bridgehead atoms. The van der Waals surface area contributed by atoms with Gasteiger partial charge in [0, 0.05) is 19.3 Å². The molecule has 0 aliphatic rings. The first-order valence-corrected chi connectivity index (χ1v) is 28.5. The number of ether oxygens (including phenoxy) is 3. The molecule has 0 saturated carbocycles. The van der Waals surface area contributed by atoms with Crippen LogP contribution in [0, 0.1) is 0 Å². The highest BCUT2D eigenvalue weighted by Gasteiger charge is 2.19. The van der Waals surface area contributed by atoms with Gasteiger partial charge in [-0.05, 0) is 51.4 Å². The number of carbonyl (C=O) groups excluding carboxylic acids is 3. The van der Waals surface area contributed by atoms with E-state index in [2.05, 4.69) is 57.2 Å². The van der Waals surface area contributed by atoms with Gasteiger partial charge in [-0.15, -0.1) is 0 Å². The average molecular weight is 914 g/mol. The fourth-order valence-corrected chi connectivity index (χ4v) is 8.40. The van der Waals surface area contributed by atoms with Crippen molar-refractivity contribution >= 4 is 17.9 Å². The van der Waals surface area contributed by atoms with Crippen LogP contribution in [-0.4, -0.2) is 37.2 Å². The number of rotatable bonds is 52. The minimum Gasteiger partial charge on any atom is -0.462 e. The van der Waals surface area contributed by atoms with Gasteiger partial charge in [0.25, 0.3) is 0 Å². The Morgan fingerprint density at radius 3 is 0.938 bits per heavy atom. The van der Waals surface area contributed by atoms with E-state index in [0.717, 1.165) is 83.5 Å². The van der Waals surface area contributed by atoms with Crippen molar-refractivity contribution in [2.45, 2.75) is 309 Å². The molecule has 0 aromatic carbocycles. The summed E-state index contributed by atoms with van der Waals surface area (Å²) in [6.45, 7) is 6.56. The summed E-state index contributed by atoms with van der Waals surface area (Å²) >= 11 is 0. The van der Waals surface area contributed by atoms with Crippen LogP contribution in [0.2, 0.25) is 0 Å². The van der Waals surface area contributed by atoms with E-state index in [4.69, 9.17) is 14.2 Å². The van der Waals surface area contributed by atoms with Crippen molar-refractivity contribution in [3.8, 4) is 0 Å². The average Bonchev–Trinajstić information content (AvgIpc) is 3.30. The summed E-state index contributed by atoms with van der Waals surface area (Å²) in [6, 6.07) is 0. The molecule has 0 fully saturated rings. The highest BCUT2D eigenvalue weighted by Crippen LogP contribution is 2.17. The molecule has 6 nitrogen and oxygen atoms in total. The Labute approximate surface area is 404 Å². The number of hydrogen-bond acceptors (Lipinski definition) is 6. The highest BCUT2D eigenvalue weighted by atomic mass is 16.6. The van der Waals surface area contributed by atoms with Crippen molar-refractivity contribution in [1.29, 1.82) is 0 Å². The Bertz CT molecular complexity index is 1090. The van der Waals surface area contributed by atoms with E-state index in [1.54, 1.807) is 0 Å². The lowest BCUT2D eigenvalue weighted by Crippen LogP contribution is -2.30. The van der Waals surface area contributed by atoms with Gasteiger partial charge in [-0.1, -0.05) is 269 Å². The van der Waals surface area contributed by atoms with Crippen LogP contribution in [0.25, 0.3) is 0 Å². The molecule has 0 aromatic heterocycles. The molecule has 0 aromatic rings. The van der Waals surface area contributed by atoms with Crippen LogP contribution in [0.4, 0.5) is 0 Å². The van der Waals surface area contributed by atoms with Crippen LogP contribution in [0.1, 0.15) is 303 Å². The van der Waals surface area contributed by atoms with E-state index >= 15 is 0 Å². The lowest BCUT2D eigenvalue weighted by Gasteiger charge is -2.18. The summed E-state index contributed by atoms with van der Waals surface area (Å²) in [7, 11) is 0. The zero-order valence-corrected chi connectivity index (χ0v) is 43.5. The Morgan fingerprint density at radius 1 is 0.323 bits per heavy atom. The topological polar surface area (TPSA) is 78.9 Å². The maximum absolute atomic E-state index is 12.8. The number of hydrogen-bond donors (Lipinski definition) is 0. The maximum Gasteiger partial charge on any atom is 0.306 e. The van der Waals surface area contributed by atoms with Crippen LogP contribution in [-0.2, 0) is 28.6 Å². The smallest absolute Gasteiger partial charge is 0.306 e. The van der Waals surface area contributed by atoms with Crippen molar-refractivity contribution < 1.29 is 28.6 Å². The Hall–Kier alpha value is -2.37. The normalized spacial score (nSPS) is 12.2. The highest BCUT2D eigenvalue weighted by molar-refractivity contribution is 5.71. The molecule has 0 heterocycles. The molecule has 6 heteroatoms. The van der Waals surface area contributed by atoms with E-state index in [0.29, 0.717) is 19.3 Å². The first-order chi connectivity index (χ1) is 32.0. The van der Waals surface area contributed by atoms with Crippen LogP contribution in [0.5, 0.6) is 0 Å². The summed E-state index contributed by atoms with van der Waals surface area (Å²) < 4.78 is 16.9. The summed E-state index contributed by atoms with van der Waals surface area (Å²) in [4.78, 5) is 38.1. The molecule has 1 unspecified atom stereocenters. The third kappa shape index (κ3) is 52.5. The Morgan fingerprint density at radius 2 is 0.600 bits per heavy atom. The lowest BCUT2D eigenvalue weighted by atomic mass is 10.0. The third-order valence-electron chi connectivity index (χ3n) is 12.7. The van der Waals surface area contributed by atoms with Gasteiger partial charge in [-0.3, -0.25) is 14.4 Å². The second-order valence-corrected chi connectivity index (χ2v) is 19.2. The molecule has 0 aliphatic heterocycles. The van der Waals surface area contributed by atoms with Crippen molar-refractivity contribution in [2.24, 2.45) is 0 Å². The van der Waals surface area contributed by atoms with Crippen LogP contribution < -0.4 is 0 Å². The molecule has 0 rings (SSSR count). The van der Waals surface area contributed by atoms with Crippen molar-refractivity contribution in [2.75, 3.05) is 13.2 Å².